The fraction of sp³-hybridized carbons (Fsp3) is 0.657. The lowest BCUT2D eigenvalue weighted by Crippen LogP contribution is -2.58. The minimum atomic E-state index is -0.982. The number of benzene rings is 1. The van der Waals surface area contributed by atoms with Gasteiger partial charge in [-0.05, 0) is 81.9 Å². The van der Waals surface area contributed by atoms with Crippen molar-refractivity contribution in [3.8, 4) is 0 Å². The Morgan fingerprint density at radius 3 is 2.23 bits per heavy atom. The molecule has 2 rings (SSSR count). The third-order valence-corrected chi connectivity index (χ3v) is 8.44. The molecule has 5 atom stereocenters. The SMILES string of the molecule is CSCC[C@H](NC(=O)[C@@H](NC(=O)OC(C)(C)C)C(C)C)C(=O)N[C@@H](CC(C)C)[C@@H](O)C[C@@H](C)C(=O)NCCc1c[nH]c2ccccc12. The molecule has 0 unspecified atom stereocenters. The molecule has 0 aliphatic rings. The minimum Gasteiger partial charge on any atom is -0.444 e. The summed E-state index contributed by atoms with van der Waals surface area (Å²) in [5, 5.41) is 23.8. The Kier molecular flexibility index (Phi) is 16.1. The quantitative estimate of drug-likeness (QED) is 0.135. The Morgan fingerprint density at radius 1 is 0.936 bits per heavy atom. The molecule has 0 saturated carbocycles. The van der Waals surface area contributed by atoms with E-state index in [0.717, 1.165) is 16.5 Å². The van der Waals surface area contributed by atoms with Crippen molar-refractivity contribution in [1.29, 1.82) is 0 Å². The molecule has 0 radical (unpaired) electrons. The lowest BCUT2D eigenvalue weighted by atomic mass is 9.92. The molecule has 0 fully saturated rings. The van der Waals surface area contributed by atoms with Crippen LogP contribution in [0.5, 0.6) is 0 Å². The number of para-hydroxylation sites is 1. The molecule has 4 amide bonds. The summed E-state index contributed by atoms with van der Waals surface area (Å²) in [5.74, 6) is -1.08. The predicted molar refractivity (Wildman–Crippen MR) is 189 cm³/mol. The van der Waals surface area contributed by atoms with Gasteiger partial charge in [0.15, 0.2) is 0 Å². The zero-order chi connectivity index (χ0) is 35.3. The van der Waals surface area contributed by atoms with Crippen LogP contribution in [0, 0.1) is 17.8 Å². The number of ether oxygens (including phenoxy) is 1. The van der Waals surface area contributed by atoms with Crippen molar-refractivity contribution in [3.05, 3.63) is 36.0 Å². The van der Waals surface area contributed by atoms with E-state index >= 15 is 0 Å². The second-order valence-electron chi connectivity index (χ2n) is 14.1. The van der Waals surface area contributed by atoms with Gasteiger partial charge in [0.05, 0.1) is 12.1 Å². The molecule has 0 saturated heterocycles. The normalized spacial score (nSPS) is 15.1. The Labute approximate surface area is 284 Å². The number of hydrogen-bond donors (Lipinski definition) is 6. The van der Waals surface area contributed by atoms with E-state index in [0.29, 0.717) is 31.6 Å². The van der Waals surface area contributed by atoms with Crippen LogP contribution in [0.1, 0.15) is 80.2 Å². The third kappa shape index (κ3) is 13.8. The average molecular weight is 676 g/mol. The highest BCUT2D eigenvalue weighted by atomic mass is 32.2. The van der Waals surface area contributed by atoms with E-state index in [4.69, 9.17) is 4.74 Å². The minimum absolute atomic E-state index is 0.151. The van der Waals surface area contributed by atoms with E-state index in [1.807, 2.05) is 50.6 Å². The number of aliphatic hydroxyl groups excluding tert-OH is 1. The molecule has 0 aliphatic heterocycles. The number of hydrogen-bond acceptors (Lipinski definition) is 7. The molecular formula is C35H57N5O6S. The topological polar surface area (TPSA) is 162 Å². The number of fused-ring (bicyclic) bond motifs is 1. The Hall–Kier alpha value is -3.25. The summed E-state index contributed by atoms with van der Waals surface area (Å²) in [6, 6.07) is 5.59. The number of rotatable bonds is 18. The number of aromatic amines is 1. The van der Waals surface area contributed by atoms with Gasteiger partial charge in [0.1, 0.15) is 17.7 Å². The first kappa shape index (κ1) is 39.9. The van der Waals surface area contributed by atoms with Gasteiger partial charge in [0, 0.05) is 29.6 Å². The van der Waals surface area contributed by atoms with Crippen molar-refractivity contribution in [1.82, 2.24) is 26.3 Å². The molecule has 1 heterocycles. The number of carbonyl (C=O) groups excluding carboxylic acids is 4. The van der Waals surface area contributed by atoms with Crippen LogP contribution in [0.3, 0.4) is 0 Å². The third-order valence-electron chi connectivity index (χ3n) is 7.79. The molecule has 47 heavy (non-hydrogen) atoms. The number of carbonyl (C=O) groups is 4. The molecule has 2 aromatic rings. The van der Waals surface area contributed by atoms with E-state index in [1.54, 1.807) is 53.3 Å². The highest BCUT2D eigenvalue weighted by molar-refractivity contribution is 7.98. The molecule has 12 heteroatoms. The van der Waals surface area contributed by atoms with Crippen LogP contribution < -0.4 is 21.3 Å². The van der Waals surface area contributed by atoms with Gasteiger partial charge < -0.3 is 36.1 Å². The van der Waals surface area contributed by atoms with Crippen LogP contribution in [-0.2, 0) is 25.5 Å². The molecule has 0 bridgehead atoms. The van der Waals surface area contributed by atoms with Gasteiger partial charge in [-0.3, -0.25) is 14.4 Å². The van der Waals surface area contributed by atoms with Crippen LogP contribution in [0.4, 0.5) is 4.79 Å². The van der Waals surface area contributed by atoms with Crippen molar-refractivity contribution >= 4 is 46.5 Å². The molecule has 6 N–H and O–H groups in total. The Bertz CT molecular complexity index is 1310. The number of H-pyrrole nitrogens is 1. The summed E-state index contributed by atoms with van der Waals surface area (Å²) < 4.78 is 5.33. The van der Waals surface area contributed by atoms with E-state index in [1.165, 1.54) is 0 Å². The first-order valence-electron chi connectivity index (χ1n) is 16.6. The van der Waals surface area contributed by atoms with Crippen LogP contribution in [-0.4, -0.2) is 82.3 Å². The van der Waals surface area contributed by atoms with Crippen molar-refractivity contribution in [2.45, 2.75) is 111 Å². The number of nitrogens with one attached hydrogen (secondary N) is 5. The van der Waals surface area contributed by atoms with Crippen LogP contribution in [0.15, 0.2) is 30.5 Å². The highest BCUT2D eigenvalue weighted by Gasteiger charge is 2.33. The van der Waals surface area contributed by atoms with Crippen molar-refractivity contribution in [2.75, 3.05) is 18.6 Å². The highest BCUT2D eigenvalue weighted by Crippen LogP contribution is 2.19. The van der Waals surface area contributed by atoms with Crippen LogP contribution >= 0.6 is 11.8 Å². The Balaban J connectivity index is 2.03. The van der Waals surface area contributed by atoms with Crippen molar-refractivity contribution in [2.24, 2.45) is 17.8 Å². The number of amides is 4. The van der Waals surface area contributed by atoms with E-state index in [-0.39, 0.29) is 24.2 Å². The summed E-state index contributed by atoms with van der Waals surface area (Å²) >= 11 is 1.54. The summed E-state index contributed by atoms with van der Waals surface area (Å²) in [4.78, 5) is 55.6. The lowest BCUT2D eigenvalue weighted by Gasteiger charge is -2.30. The monoisotopic (exact) mass is 675 g/mol. The summed E-state index contributed by atoms with van der Waals surface area (Å²) in [6.45, 7) is 15.0. The molecule has 0 spiro atoms. The van der Waals surface area contributed by atoms with Crippen LogP contribution in [0.2, 0.25) is 0 Å². The zero-order valence-corrected chi connectivity index (χ0v) is 30.4. The second-order valence-corrected chi connectivity index (χ2v) is 15.0. The number of alkyl carbamates (subject to hydrolysis) is 1. The zero-order valence-electron chi connectivity index (χ0n) is 29.6. The summed E-state index contributed by atoms with van der Waals surface area (Å²) in [6.07, 6.45) is 3.85. The molecule has 1 aromatic carbocycles. The smallest absolute Gasteiger partial charge is 0.408 e. The number of aliphatic hydroxyl groups is 1. The van der Waals surface area contributed by atoms with Gasteiger partial charge in [-0.15, -0.1) is 0 Å². The fourth-order valence-corrected chi connectivity index (χ4v) is 5.78. The predicted octanol–water partition coefficient (Wildman–Crippen LogP) is 4.53. The maximum absolute atomic E-state index is 13.6. The van der Waals surface area contributed by atoms with E-state index < -0.39 is 53.7 Å². The number of aromatic nitrogens is 1. The van der Waals surface area contributed by atoms with Gasteiger partial charge in [-0.25, -0.2) is 4.79 Å². The maximum Gasteiger partial charge on any atom is 0.408 e. The maximum atomic E-state index is 13.6. The van der Waals surface area contributed by atoms with Crippen LogP contribution in [0.25, 0.3) is 10.9 Å². The summed E-state index contributed by atoms with van der Waals surface area (Å²) in [5.41, 5.74) is 1.44. The lowest BCUT2D eigenvalue weighted by molar-refractivity contribution is -0.131. The molecule has 11 nitrogen and oxygen atoms in total. The van der Waals surface area contributed by atoms with Crippen molar-refractivity contribution < 1.29 is 29.0 Å². The Morgan fingerprint density at radius 2 is 1.62 bits per heavy atom. The first-order chi connectivity index (χ1) is 22.0. The van der Waals surface area contributed by atoms with E-state index in [9.17, 15) is 24.3 Å². The summed E-state index contributed by atoms with van der Waals surface area (Å²) in [7, 11) is 0. The van der Waals surface area contributed by atoms with Crippen molar-refractivity contribution in [3.63, 3.8) is 0 Å². The van der Waals surface area contributed by atoms with Gasteiger partial charge in [-0.2, -0.15) is 11.8 Å². The number of thioether (sulfide) groups is 1. The molecular weight excluding hydrogens is 618 g/mol. The van der Waals surface area contributed by atoms with Gasteiger partial charge in [0.2, 0.25) is 17.7 Å². The van der Waals surface area contributed by atoms with Gasteiger partial charge >= 0.3 is 6.09 Å². The average Bonchev–Trinajstić information content (AvgIpc) is 3.39. The molecule has 264 valence electrons. The first-order valence-corrected chi connectivity index (χ1v) is 18.0. The fourth-order valence-electron chi connectivity index (χ4n) is 5.31. The largest absolute Gasteiger partial charge is 0.444 e. The molecule has 1 aromatic heterocycles. The van der Waals surface area contributed by atoms with Gasteiger partial charge in [0.25, 0.3) is 0 Å². The molecule has 0 aliphatic carbocycles. The standard InChI is InChI=1S/C35H57N5O6S/c1-21(2)18-28(29(41)19-23(5)31(42)36-16-14-24-20-37-26-13-11-10-12-25(24)26)39-32(43)27(15-17-47-9)38-33(44)30(22(3)4)40-34(45)46-35(6,7)8/h10-13,20-23,27-30,37,41H,14-19H2,1-9H3,(H,36,42)(H,38,44)(H,39,43)(H,40,45)/t23-,27+,28+,29+,30+/m1/s1. The van der Waals surface area contributed by atoms with Gasteiger partial charge in [-0.1, -0.05) is 52.8 Å². The van der Waals surface area contributed by atoms with E-state index in [2.05, 4.69) is 26.3 Å². The second kappa shape index (κ2) is 18.9.